The van der Waals surface area contributed by atoms with Crippen LogP contribution in [0.5, 0.6) is 0 Å². The molecule has 0 saturated heterocycles. The highest BCUT2D eigenvalue weighted by atomic mass is 32.2. The lowest BCUT2D eigenvalue weighted by Crippen LogP contribution is -2.32. The van der Waals surface area contributed by atoms with E-state index in [4.69, 9.17) is 0 Å². The lowest BCUT2D eigenvalue weighted by molar-refractivity contribution is 0.0779. The molecule has 0 saturated carbocycles. The van der Waals surface area contributed by atoms with E-state index in [1.165, 1.54) is 0 Å². The molecule has 6 heteroatoms. The summed E-state index contributed by atoms with van der Waals surface area (Å²) in [6, 6.07) is 6.56. The molecule has 110 valence electrons. The maximum absolute atomic E-state index is 12.5. The summed E-state index contributed by atoms with van der Waals surface area (Å²) in [6.07, 6.45) is 1.06. The fourth-order valence-corrected chi connectivity index (χ4v) is 2.36. The van der Waals surface area contributed by atoms with Crippen LogP contribution in [0.4, 0.5) is 5.69 Å². The number of nitrogens with zero attached hydrogens (tertiary/aromatic N) is 1. The monoisotopic (exact) mass is 296 g/mol. The van der Waals surface area contributed by atoms with Gasteiger partial charge in [0, 0.05) is 13.1 Å². The summed E-state index contributed by atoms with van der Waals surface area (Å²) in [7, 11) is -3.43. The van der Waals surface area contributed by atoms with E-state index in [0.717, 1.165) is 11.8 Å². The highest BCUT2D eigenvalue weighted by Gasteiger charge is 2.18. The summed E-state index contributed by atoms with van der Waals surface area (Å²) in [4.78, 5) is 14.1. The highest BCUT2D eigenvalue weighted by Crippen LogP contribution is 2.18. The van der Waals surface area contributed by atoms with Crippen molar-refractivity contribution in [3.8, 4) is 0 Å². The molecular formula is C14H20N2O3S. The summed E-state index contributed by atoms with van der Waals surface area (Å²) in [5.41, 5.74) is 1.50. The van der Waals surface area contributed by atoms with Gasteiger partial charge in [0.1, 0.15) is 0 Å². The Bertz CT molecular complexity index is 609. The Labute approximate surface area is 120 Å². The summed E-state index contributed by atoms with van der Waals surface area (Å²) in [6.45, 7) is 8.48. The van der Waals surface area contributed by atoms with Crippen LogP contribution in [0.1, 0.15) is 24.2 Å². The first-order valence-corrected chi connectivity index (χ1v) is 8.14. The van der Waals surface area contributed by atoms with Crippen LogP contribution in [-0.2, 0) is 10.0 Å². The molecular weight excluding hydrogens is 276 g/mol. The molecule has 0 radical (unpaired) electrons. The summed E-state index contributed by atoms with van der Waals surface area (Å²) >= 11 is 0. The van der Waals surface area contributed by atoms with Gasteiger partial charge in [0.05, 0.1) is 17.5 Å². The lowest BCUT2D eigenvalue weighted by atomic mass is 10.1. The molecule has 0 unspecified atom stereocenters. The lowest BCUT2D eigenvalue weighted by Gasteiger charge is -2.22. The molecule has 1 N–H and O–H groups in total. The normalized spacial score (nSPS) is 10.9. The van der Waals surface area contributed by atoms with Gasteiger partial charge in [0.2, 0.25) is 10.0 Å². The fourth-order valence-electron chi connectivity index (χ4n) is 1.78. The average molecular weight is 296 g/mol. The number of hydrogen-bond acceptors (Lipinski definition) is 3. The molecule has 0 bridgehead atoms. The van der Waals surface area contributed by atoms with Crippen LogP contribution in [0.2, 0.25) is 0 Å². The van der Waals surface area contributed by atoms with E-state index in [2.05, 4.69) is 11.3 Å². The molecule has 1 aromatic rings. The number of nitrogens with one attached hydrogen (secondary N) is 1. The minimum atomic E-state index is -3.43. The predicted molar refractivity (Wildman–Crippen MR) is 81.3 cm³/mol. The molecule has 0 aliphatic carbocycles. The number of carbonyl (C=O) groups is 1. The van der Waals surface area contributed by atoms with Gasteiger partial charge in [-0.3, -0.25) is 9.52 Å². The Morgan fingerprint density at radius 3 is 2.45 bits per heavy atom. The van der Waals surface area contributed by atoms with Crippen LogP contribution in [0.3, 0.4) is 0 Å². The fraction of sp³-hybridized carbons (Fsp3) is 0.357. The van der Waals surface area contributed by atoms with Crippen molar-refractivity contribution in [3.63, 3.8) is 0 Å². The quantitative estimate of drug-likeness (QED) is 0.817. The van der Waals surface area contributed by atoms with Gasteiger partial charge in [-0.05, 0) is 26.0 Å². The standard InChI is InChI=1S/C14H20N2O3S/c1-5-16(10-11(2)3)14(17)12-8-6-7-9-13(12)15-20(4,18)19/h6-9,15H,2,5,10H2,1,3-4H3. The minimum Gasteiger partial charge on any atom is -0.335 e. The van der Waals surface area contributed by atoms with E-state index < -0.39 is 10.0 Å². The zero-order valence-electron chi connectivity index (χ0n) is 12.0. The van der Waals surface area contributed by atoms with Gasteiger partial charge in [-0.25, -0.2) is 8.42 Å². The zero-order chi connectivity index (χ0) is 15.3. The first-order chi connectivity index (χ1) is 9.24. The maximum Gasteiger partial charge on any atom is 0.256 e. The second-order valence-electron chi connectivity index (χ2n) is 4.70. The molecule has 0 fully saturated rings. The van der Waals surface area contributed by atoms with Crippen molar-refractivity contribution < 1.29 is 13.2 Å². The second-order valence-corrected chi connectivity index (χ2v) is 6.44. The van der Waals surface area contributed by atoms with Crippen molar-refractivity contribution >= 4 is 21.6 Å². The first-order valence-electron chi connectivity index (χ1n) is 6.25. The maximum atomic E-state index is 12.5. The number of para-hydroxylation sites is 1. The largest absolute Gasteiger partial charge is 0.335 e. The van der Waals surface area contributed by atoms with Crippen molar-refractivity contribution in [1.82, 2.24) is 4.90 Å². The van der Waals surface area contributed by atoms with Crippen molar-refractivity contribution in [2.45, 2.75) is 13.8 Å². The molecule has 0 atom stereocenters. The Balaban J connectivity index is 3.12. The number of likely N-dealkylation sites (N-methyl/N-ethyl adjacent to an activating group) is 1. The highest BCUT2D eigenvalue weighted by molar-refractivity contribution is 7.92. The number of carbonyl (C=O) groups excluding carboxylic acids is 1. The number of anilines is 1. The molecule has 0 aromatic heterocycles. The van der Waals surface area contributed by atoms with Gasteiger partial charge in [-0.1, -0.05) is 24.3 Å². The van der Waals surface area contributed by atoms with Gasteiger partial charge < -0.3 is 4.90 Å². The number of hydrogen-bond donors (Lipinski definition) is 1. The van der Waals surface area contributed by atoms with Gasteiger partial charge >= 0.3 is 0 Å². The van der Waals surface area contributed by atoms with E-state index in [0.29, 0.717) is 24.3 Å². The van der Waals surface area contributed by atoms with E-state index in [9.17, 15) is 13.2 Å². The smallest absolute Gasteiger partial charge is 0.256 e. The first kappa shape index (κ1) is 16.2. The van der Waals surface area contributed by atoms with E-state index in [-0.39, 0.29) is 5.91 Å². The third-order valence-electron chi connectivity index (χ3n) is 2.58. The van der Waals surface area contributed by atoms with Gasteiger partial charge in [-0.2, -0.15) is 0 Å². The van der Waals surface area contributed by atoms with Crippen LogP contribution < -0.4 is 4.72 Å². The van der Waals surface area contributed by atoms with Gasteiger partial charge in [0.15, 0.2) is 0 Å². The molecule has 0 heterocycles. The van der Waals surface area contributed by atoms with Crippen molar-refractivity contribution in [2.24, 2.45) is 0 Å². The summed E-state index contributed by atoms with van der Waals surface area (Å²) in [5, 5.41) is 0. The molecule has 0 aliphatic rings. The second kappa shape index (κ2) is 6.56. The van der Waals surface area contributed by atoms with Crippen LogP contribution in [-0.4, -0.2) is 38.6 Å². The number of benzene rings is 1. The number of rotatable bonds is 6. The number of amides is 1. The van der Waals surface area contributed by atoms with Crippen molar-refractivity contribution in [2.75, 3.05) is 24.1 Å². The number of sulfonamides is 1. The van der Waals surface area contributed by atoms with Crippen LogP contribution in [0, 0.1) is 0 Å². The summed E-state index contributed by atoms with van der Waals surface area (Å²) in [5.74, 6) is -0.220. The van der Waals surface area contributed by atoms with E-state index in [1.54, 1.807) is 29.2 Å². The summed E-state index contributed by atoms with van der Waals surface area (Å²) < 4.78 is 25.1. The minimum absolute atomic E-state index is 0.220. The molecule has 1 aromatic carbocycles. The van der Waals surface area contributed by atoms with Gasteiger partial charge in [0.25, 0.3) is 5.91 Å². The third-order valence-corrected chi connectivity index (χ3v) is 3.17. The van der Waals surface area contributed by atoms with Crippen molar-refractivity contribution in [1.29, 1.82) is 0 Å². The molecule has 20 heavy (non-hydrogen) atoms. The van der Waals surface area contributed by atoms with Crippen LogP contribution in [0.15, 0.2) is 36.4 Å². The van der Waals surface area contributed by atoms with Crippen molar-refractivity contribution in [3.05, 3.63) is 42.0 Å². The molecule has 1 amide bonds. The predicted octanol–water partition coefficient (Wildman–Crippen LogP) is 2.10. The zero-order valence-corrected chi connectivity index (χ0v) is 12.8. The van der Waals surface area contributed by atoms with E-state index >= 15 is 0 Å². The molecule has 0 spiro atoms. The third kappa shape index (κ3) is 4.70. The van der Waals surface area contributed by atoms with Gasteiger partial charge in [-0.15, -0.1) is 0 Å². The van der Waals surface area contributed by atoms with Crippen LogP contribution in [0.25, 0.3) is 0 Å². The molecule has 5 nitrogen and oxygen atoms in total. The Morgan fingerprint density at radius 2 is 1.95 bits per heavy atom. The molecule has 0 aliphatic heterocycles. The average Bonchev–Trinajstić information content (AvgIpc) is 2.33. The van der Waals surface area contributed by atoms with E-state index in [1.807, 2.05) is 13.8 Å². The topological polar surface area (TPSA) is 66.5 Å². The molecule has 1 rings (SSSR count). The Morgan fingerprint density at radius 1 is 1.35 bits per heavy atom. The Hall–Kier alpha value is -1.82. The SMILES string of the molecule is C=C(C)CN(CC)C(=O)c1ccccc1NS(C)(=O)=O. The Kier molecular flexibility index (Phi) is 5.33. The van der Waals surface area contributed by atoms with Crippen LogP contribution >= 0.6 is 0 Å².